The van der Waals surface area contributed by atoms with Crippen molar-refractivity contribution >= 4 is 27.5 Å². The molecule has 0 aliphatic carbocycles. The summed E-state index contributed by atoms with van der Waals surface area (Å²) in [5, 5.41) is 2.78. The van der Waals surface area contributed by atoms with Crippen molar-refractivity contribution in [3.63, 3.8) is 0 Å². The Morgan fingerprint density at radius 2 is 1.53 bits per heavy atom. The quantitative estimate of drug-likeness (QED) is 0.409. The molecule has 3 aromatic rings. The Labute approximate surface area is 224 Å². The molecule has 38 heavy (non-hydrogen) atoms. The summed E-state index contributed by atoms with van der Waals surface area (Å²) in [6.07, 6.45) is 0. The number of sulfonamides is 1. The average Bonchev–Trinajstić information content (AvgIpc) is 2.88. The molecule has 1 N–H and O–H groups in total. The largest absolute Gasteiger partial charge is 0.352 e. The van der Waals surface area contributed by atoms with Gasteiger partial charge in [0.25, 0.3) is 10.0 Å². The Kier molecular flexibility index (Phi) is 9.27. The summed E-state index contributed by atoms with van der Waals surface area (Å²) < 4.78 is 43.3. The van der Waals surface area contributed by atoms with Crippen molar-refractivity contribution < 1.29 is 22.4 Å². The van der Waals surface area contributed by atoms with E-state index in [4.69, 9.17) is 0 Å². The van der Waals surface area contributed by atoms with Gasteiger partial charge in [0.1, 0.15) is 18.4 Å². The number of rotatable bonds is 10. The summed E-state index contributed by atoms with van der Waals surface area (Å²) in [6, 6.07) is 17.9. The summed E-state index contributed by atoms with van der Waals surface area (Å²) in [7, 11) is -4.16. The van der Waals surface area contributed by atoms with Crippen molar-refractivity contribution in [2.75, 3.05) is 10.8 Å². The number of carbonyl (C=O) groups is 2. The molecule has 0 aliphatic rings. The van der Waals surface area contributed by atoms with Gasteiger partial charge in [0.2, 0.25) is 11.8 Å². The summed E-state index contributed by atoms with van der Waals surface area (Å²) in [6.45, 7) is 8.00. The Morgan fingerprint density at radius 1 is 0.895 bits per heavy atom. The molecule has 0 fully saturated rings. The fourth-order valence-electron chi connectivity index (χ4n) is 4.04. The van der Waals surface area contributed by atoms with E-state index in [0.717, 1.165) is 9.87 Å². The first-order valence-corrected chi connectivity index (χ1v) is 13.8. The number of nitrogens with one attached hydrogen (secondary N) is 1. The van der Waals surface area contributed by atoms with E-state index in [1.165, 1.54) is 35.2 Å². The molecule has 0 aromatic heterocycles. The van der Waals surface area contributed by atoms with Crippen molar-refractivity contribution in [1.82, 2.24) is 10.2 Å². The molecule has 0 saturated carbocycles. The van der Waals surface area contributed by atoms with Crippen LogP contribution in [0.2, 0.25) is 0 Å². The van der Waals surface area contributed by atoms with Gasteiger partial charge < -0.3 is 10.2 Å². The molecule has 202 valence electrons. The number of anilines is 1. The van der Waals surface area contributed by atoms with E-state index in [1.807, 2.05) is 13.0 Å². The molecular formula is C29H34FN3O4S. The fourth-order valence-corrected chi connectivity index (χ4v) is 5.53. The molecule has 0 spiro atoms. The minimum absolute atomic E-state index is 0.0277. The number of amides is 2. The lowest BCUT2D eigenvalue weighted by Gasteiger charge is -2.33. The topological polar surface area (TPSA) is 86.8 Å². The van der Waals surface area contributed by atoms with E-state index in [-0.39, 0.29) is 23.0 Å². The SMILES string of the molecule is Cc1cccc(N(CC(=O)N(Cc2ccccc2F)[C@H](C)C(=O)NC(C)C)S(=O)(=O)c2ccccc2)c1C. The lowest BCUT2D eigenvalue weighted by atomic mass is 10.1. The second-order valence-corrected chi connectivity index (χ2v) is 11.4. The molecule has 7 nitrogen and oxygen atoms in total. The first-order chi connectivity index (χ1) is 17.9. The van der Waals surface area contributed by atoms with Crippen LogP contribution < -0.4 is 9.62 Å². The number of carbonyl (C=O) groups excluding carboxylic acids is 2. The monoisotopic (exact) mass is 539 g/mol. The molecule has 2 amide bonds. The molecule has 9 heteroatoms. The van der Waals surface area contributed by atoms with Crippen LogP contribution in [0.15, 0.2) is 77.7 Å². The van der Waals surface area contributed by atoms with E-state index in [9.17, 15) is 22.4 Å². The smallest absolute Gasteiger partial charge is 0.264 e. The Morgan fingerprint density at radius 3 is 2.16 bits per heavy atom. The van der Waals surface area contributed by atoms with E-state index in [0.29, 0.717) is 11.3 Å². The Bertz CT molecular complexity index is 1390. The average molecular weight is 540 g/mol. The molecule has 0 heterocycles. The maximum Gasteiger partial charge on any atom is 0.264 e. The molecular weight excluding hydrogens is 505 g/mol. The predicted molar refractivity (Wildman–Crippen MR) is 147 cm³/mol. The molecule has 1 atom stereocenters. The number of benzene rings is 3. The van der Waals surface area contributed by atoms with Crippen LogP contribution in [0.1, 0.15) is 37.5 Å². The van der Waals surface area contributed by atoms with Gasteiger partial charge in [-0.25, -0.2) is 12.8 Å². The fraction of sp³-hybridized carbons (Fsp3) is 0.310. The van der Waals surface area contributed by atoms with Crippen LogP contribution in [0, 0.1) is 19.7 Å². The zero-order valence-corrected chi connectivity index (χ0v) is 23.1. The first kappa shape index (κ1) is 28.8. The number of aryl methyl sites for hydroxylation is 1. The highest BCUT2D eigenvalue weighted by Gasteiger charge is 2.33. The number of hydrogen-bond donors (Lipinski definition) is 1. The normalized spacial score (nSPS) is 12.2. The van der Waals surface area contributed by atoms with Gasteiger partial charge in [-0.3, -0.25) is 13.9 Å². The van der Waals surface area contributed by atoms with Crippen LogP contribution in [-0.2, 0) is 26.2 Å². The van der Waals surface area contributed by atoms with Crippen LogP contribution >= 0.6 is 0 Å². The highest BCUT2D eigenvalue weighted by atomic mass is 32.2. The van der Waals surface area contributed by atoms with E-state index in [2.05, 4.69) is 5.32 Å². The van der Waals surface area contributed by atoms with E-state index < -0.39 is 40.2 Å². The van der Waals surface area contributed by atoms with Crippen LogP contribution in [0.25, 0.3) is 0 Å². The van der Waals surface area contributed by atoms with Gasteiger partial charge in [-0.05, 0) is 70.0 Å². The summed E-state index contributed by atoms with van der Waals surface area (Å²) in [5.41, 5.74) is 2.13. The lowest BCUT2D eigenvalue weighted by Crippen LogP contribution is -2.52. The number of halogens is 1. The minimum Gasteiger partial charge on any atom is -0.352 e. The third-order valence-corrected chi connectivity index (χ3v) is 8.13. The molecule has 0 bridgehead atoms. The maximum absolute atomic E-state index is 14.6. The zero-order valence-electron chi connectivity index (χ0n) is 22.3. The van der Waals surface area contributed by atoms with Crippen molar-refractivity contribution in [1.29, 1.82) is 0 Å². The first-order valence-electron chi connectivity index (χ1n) is 12.4. The summed E-state index contributed by atoms with van der Waals surface area (Å²) in [4.78, 5) is 28.0. The van der Waals surface area contributed by atoms with Crippen molar-refractivity contribution in [3.8, 4) is 0 Å². The molecule has 0 unspecified atom stereocenters. The van der Waals surface area contributed by atoms with Gasteiger partial charge >= 0.3 is 0 Å². The minimum atomic E-state index is -4.16. The van der Waals surface area contributed by atoms with Crippen LogP contribution in [0.3, 0.4) is 0 Å². The second kappa shape index (κ2) is 12.2. The van der Waals surface area contributed by atoms with Crippen LogP contribution in [0.5, 0.6) is 0 Å². The van der Waals surface area contributed by atoms with Crippen molar-refractivity contribution in [2.45, 2.75) is 58.1 Å². The van der Waals surface area contributed by atoms with Gasteiger partial charge in [0, 0.05) is 18.2 Å². The molecule has 3 aromatic carbocycles. The Balaban J connectivity index is 2.08. The van der Waals surface area contributed by atoms with Gasteiger partial charge in [-0.1, -0.05) is 48.5 Å². The van der Waals surface area contributed by atoms with Crippen LogP contribution in [-0.4, -0.2) is 43.8 Å². The van der Waals surface area contributed by atoms with Crippen molar-refractivity contribution in [3.05, 3.63) is 95.3 Å². The molecule has 0 saturated heterocycles. The number of hydrogen-bond acceptors (Lipinski definition) is 4. The molecule has 0 aliphatic heterocycles. The summed E-state index contributed by atoms with van der Waals surface area (Å²) in [5.74, 6) is -1.58. The second-order valence-electron chi connectivity index (χ2n) is 9.50. The lowest BCUT2D eigenvalue weighted by molar-refractivity contribution is -0.139. The number of nitrogens with zero attached hydrogens (tertiary/aromatic N) is 2. The van der Waals surface area contributed by atoms with Gasteiger partial charge in [-0.2, -0.15) is 0 Å². The summed E-state index contributed by atoms with van der Waals surface area (Å²) >= 11 is 0. The van der Waals surface area contributed by atoms with Gasteiger partial charge in [0.05, 0.1) is 10.6 Å². The third kappa shape index (κ3) is 6.58. The van der Waals surface area contributed by atoms with Crippen LogP contribution in [0.4, 0.5) is 10.1 Å². The highest BCUT2D eigenvalue weighted by molar-refractivity contribution is 7.92. The predicted octanol–water partition coefficient (Wildman–Crippen LogP) is 4.58. The van der Waals surface area contributed by atoms with Gasteiger partial charge in [0.15, 0.2) is 0 Å². The standard InChI is InChI=1S/C29H34FN3O4S/c1-20(2)31-29(35)23(5)32(18-24-13-9-10-16-26(24)30)28(34)19-33(27-17-11-12-21(3)22(27)4)38(36,37)25-14-7-6-8-15-25/h6-17,20,23H,18-19H2,1-5H3,(H,31,35)/t23-/m1/s1. The van der Waals surface area contributed by atoms with E-state index >= 15 is 0 Å². The molecule has 0 radical (unpaired) electrons. The van der Waals surface area contributed by atoms with Crippen molar-refractivity contribution in [2.24, 2.45) is 0 Å². The Hall–Kier alpha value is -3.72. The molecule has 3 rings (SSSR count). The zero-order chi connectivity index (χ0) is 28.0. The van der Waals surface area contributed by atoms with E-state index in [1.54, 1.807) is 64.1 Å². The maximum atomic E-state index is 14.6. The van der Waals surface area contributed by atoms with Gasteiger partial charge in [-0.15, -0.1) is 0 Å². The third-order valence-electron chi connectivity index (χ3n) is 6.35. The highest BCUT2D eigenvalue weighted by Crippen LogP contribution is 2.29.